The quantitative estimate of drug-likeness (QED) is 0.687. The highest BCUT2D eigenvalue weighted by atomic mass is 32.2. The zero-order valence-electron chi connectivity index (χ0n) is 6.16. The zero-order valence-corrected chi connectivity index (χ0v) is 6.97. The van der Waals surface area contributed by atoms with E-state index in [9.17, 15) is 0 Å². The molecule has 0 spiro atoms. The number of nitrogens with zero attached hydrogens (tertiary/aromatic N) is 1. The van der Waals surface area contributed by atoms with Crippen LogP contribution in [0.1, 0.15) is 5.56 Å². The van der Waals surface area contributed by atoms with Crippen molar-refractivity contribution in [2.75, 3.05) is 0 Å². The molecular formula is C8H10N2S. The molecule has 0 aromatic heterocycles. The third-order valence-electron chi connectivity index (χ3n) is 1.15. The molecule has 0 aliphatic heterocycles. The lowest BCUT2D eigenvalue weighted by molar-refractivity contribution is 1.42. The van der Waals surface area contributed by atoms with E-state index in [0.717, 1.165) is 5.75 Å². The van der Waals surface area contributed by atoms with Gasteiger partial charge < -0.3 is 6.15 Å². The van der Waals surface area contributed by atoms with Crippen LogP contribution in [-0.2, 0) is 5.75 Å². The Hall–Kier alpha value is -0.980. The highest BCUT2D eigenvalue weighted by Crippen LogP contribution is 2.08. The molecular weight excluding hydrogens is 156 g/mol. The van der Waals surface area contributed by atoms with Crippen LogP contribution in [0.4, 0.5) is 0 Å². The second kappa shape index (κ2) is 5.78. The SMILES string of the molecule is N.N#CSCc1ccccc1. The van der Waals surface area contributed by atoms with Gasteiger partial charge in [-0.05, 0) is 17.3 Å². The van der Waals surface area contributed by atoms with Crippen LogP contribution in [0.25, 0.3) is 0 Å². The van der Waals surface area contributed by atoms with Gasteiger partial charge in [0, 0.05) is 5.75 Å². The first kappa shape index (κ1) is 10.0. The Kier molecular flexibility index (Phi) is 5.26. The molecule has 0 bridgehead atoms. The van der Waals surface area contributed by atoms with E-state index in [1.807, 2.05) is 35.7 Å². The van der Waals surface area contributed by atoms with Crippen molar-refractivity contribution in [3.05, 3.63) is 35.9 Å². The molecule has 0 atom stereocenters. The van der Waals surface area contributed by atoms with E-state index in [0.29, 0.717) is 0 Å². The average Bonchev–Trinajstić information content (AvgIpc) is 2.03. The fraction of sp³-hybridized carbons (Fsp3) is 0.125. The molecule has 0 saturated carbocycles. The van der Waals surface area contributed by atoms with Crippen LogP contribution in [0.15, 0.2) is 30.3 Å². The van der Waals surface area contributed by atoms with Gasteiger partial charge >= 0.3 is 0 Å². The number of rotatable bonds is 2. The van der Waals surface area contributed by atoms with Crippen LogP contribution >= 0.6 is 11.8 Å². The molecule has 1 aromatic carbocycles. The van der Waals surface area contributed by atoms with Crippen molar-refractivity contribution in [1.82, 2.24) is 6.15 Å². The van der Waals surface area contributed by atoms with Crippen molar-refractivity contribution in [2.45, 2.75) is 5.75 Å². The summed E-state index contributed by atoms with van der Waals surface area (Å²) in [6.45, 7) is 0. The van der Waals surface area contributed by atoms with Crippen LogP contribution in [0.5, 0.6) is 0 Å². The second-order valence-corrected chi connectivity index (χ2v) is 2.63. The van der Waals surface area contributed by atoms with Crippen molar-refractivity contribution in [2.24, 2.45) is 0 Å². The number of benzene rings is 1. The Morgan fingerprint density at radius 1 is 1.27 bits per heavy atom. The van der Waals surface area contributed by atoms with Crippen molar-refractivity contribution in [3.8, 4) is 5.40 Å². The molecule has 3 heteroatoms. The summed E-state index contributed by atoms with van der Waals surface area (Å²) in [5.41, 5.74) is 1.20. The van der Waals surface area contributed by atoms with Gasteiger partial charge in [-0.15, -0.1) is 0 Å². The highest BCUT2D eigenvalue weighted by molar-refractivity contribution is 8.02. The number of thioether (sulfide) groups is 1. The molecule has 1 rings (SSSR count). The van der Waals surface area contributed by atoms with Crippen LogP contribution in [-0.4, -0.2) is 0 Å². The van der Waals surface area contributed by atoms with E-state index >= 15 is 0 Å². The molecule has 0 saturated heterocycles. The van der Waals surface area contributed by atoms with Gasteiger partial charge in [0.15, 0.2) is 0 Å². The lowest BCUT2D eigenvalue weighted by Crippen LogP contribution is -1.74. The van der Waals surface area contributed by atoms with E-state index in [4.69, 9.17) is 5.26 Å². The Morgan fingerprint density at radius 2 is 1.91 bits per heavy atom. The zero-order chi connectivity index (χ0) is 7.23. The largest absolute Gasteiger partial charge is 0.344 e. The minimum atomic E-state index is 0. The monoisotopic (exact) mass is 166 g/mol. The normalized spacial score (nSPS) is 7.91. The summed E-state index contributed by atoms with van der Waals surface area (Å²) in [5.74, 6) is 0.789. The summed E-state index contributed by atoms with van der Waals surface area (Å²) in [4.78, 5) is 0. The molecule has 2 nitrogen and oxygen atoms in total. The molecule has 3 N–H and O–H groups in total. The molecule has 1 aromatic rings. The lowest BCUT2D eigenvalue weighted by Gasteiger charge is -1.92. The molecule has 0 fully saturated rings. The standard InChI is InChI=1S/C8H7NS.H3N/c9-7-10-6-8-4-2-1-3-5-8;/h1-5H,6H2;1H3. The molecule has 0 unspecified atom stereocenters. The molecule has 58 valence electrons. The van der Waals surface area contributed by atoms with Crippen molar-refractivity contribution >= 4 is 11.8 Å². The first-order valence-corrected chi connectivity index (χ1v) is 3.97. The fourth-order valence-electron chi connectivity index (χ4n) is 0.690. The molecule has 11 heavy (non-hydrogen) atoms. The molecule has 0 aliphatic carbocycles. The molecule has 0 amide bonds. The topological polar surface area (TPSA) is 58.8 Å². The summed E-state index contributed by atoms with van der Waals surface area (Å²) in [7, 11) is 0. The summed E-state index contributed by atoms with van der Waals surface area (Å²) >= 11 is 1.27. The fourth-order valence-corrected chi connectivity index (χ4v) is 1.11. The smallest absolute Gasteiger partial charge is 0.133 e. The van der Waals surface area contributed by atoms with Gasteiger partial charge in [-0.25, -0.2) is 0 Å². The van der Waals surface area contributed by atoms with E-state index in [2.05, 4.69) is 0 Å². The van der Waals surface area contributed by atoms with Crippen LogP contribution in [0.3, 0.4) is 0 Å². The third-order valence-corrected chi connectivity index (χ3v) is 1.75. The van der Waals surface area contributed by atoms with E-state index in [-0.39, 0.29) is 6.15 Å². The first-order chi connectivity index (χ1) is 4.93. The summed E-state index contributed by atoms with van der Waals surface area (Å²) in [6, 6.07) is 9.97. The van der Waals surface area contributed by atoms with E-state index < -0.39 is 0 Å². The Labute approximate surface area is 70.8 Å². The predicted octanol–water partition coefficient (Wildman–Crippen LogP) is 2.56. The maximum atomic E-state index is 8.24. The van der Waals surface area contributed by atoms with Crippen LogP contribution in [0.2, 0.25) is 0 Å². The summed E-state index contributed by atoms with van der Waals surface area (Å²) in [6.07, 6.45) is 0. The lowest BCUT2D eigenvalue weighted by atomic mass is 10.2. The Bertz CT molecular complexity index is 228. The molecule has 0 heterocycles. The highest BCUT2D eigenvalue weighted by Gasteiger charge is 1.88. The predicted molar refractivity (Wildman–Crippen MR) is 48.4 cm³/mol. The van der Waals surface area contributed by atoms with Crippen LogP contribution < -0.4 is 6.15 Å². The van der Waals surface area contributed by atoms with Gasteiger partial charge in [-0.1, -0.05) is 30.3 Å². The minimum Gasteiger partial charge on any atom is -0.344 e. The number of hydrogen-bond acceptors (Lipinski definition) is 3. The number of thiocyanates is 1. The maximum Gasteiger partial charge on any atom is 0.133 e. The van der Waals surface area contributed by atoms with Crippen molar-refractivity contribution in [1.29, 1.82) is 5.26 Å². The second-order valence-electron chi connectivity index (χ2n) is 1.87. The van der Waals surface area contributed by atoms with Gasteiger partial charge in [-0.3, -0.25) is 0 Å². The van der Waals surface area contributed by atoms with Gasteiger partial charge in [0.25, 0.3) is 0 Å². The van der Waals surface area contributed by atoms with Crippen molar-refractivity contribution in [3.63, 3.8) is 0 Å². The third kappa shape index (κ3) is 3.66. The Morgan fingerprint density at radius 3 is 2.45 bits per heavy atom. The van der Waals surface area contributed by atoms with Gasteiger partial charge in [0.05, 0.1) is 0 Å². The molecule has 0 aliphatic rings. The van der Waals surface area contributed by atoms with Crippen molar-refractivity contribution < 1.29 is 0 Å². The summed E-state index contributed by atoms with van der Waals surface area (Å²) in [5, 5.41) is 10.3. The average molecular weight is 166 g/mol. The molecule has 0 radical (unpaired) electrons. The minimum absolute atomic E-state index is 0. The van der Waals surface area contributed by atoms with Gasteiger partial charge in [0.1, 0.15) is 5.40 Å². The van der Waals surface area contributed by atoms with E-state index in [1.54, 1.807) is 0 Å². The first-order valence-electron chi connectivity index (χ1n) is 2.98. The van der Waals surface area contributed by atoms with E-state index in [1.165, 1.54) is 17.3 Å². The summed E-state index contributed by atoms with van der Waals surface area (Å²) < 4.78 is 0. The number of nitriles is 1. The Balaban J connectivity index is 0.000001000. The van der Waals surface area contributed by atoms with Crippen LogP contribution in [0, 0.1) is 10.7 Å². The number of hydrogen-bond donors (Lipinski definition) is 1. The maximum absolute atomic E-state index is 8.24. The van der Waals surface area contributed by atoms with Gasteiger partial charge in [0.2, 0.25) is 0 Å². The van der Waals surface area contributed by atoms with Gasteiger partial charge in [-0.2, -0.15) is 5.26 Å².